The number of amides is 2. The van der Waals surface area contributed by atoms with Gasteiger partial charge in [-0.15, -0.1) is 5.10 Å². The third-order valence-corrected chi connectivity index (χ3v) is 6.88. The van der Waals surface area contributed by atoms with Gasteiger partial charge in [-0.3, -0.25) is 4.90 Å². The number of nitrogens with zero attached hydrogens (tertiary/aromatic N) is 5. The van der Waals surface area contributed by atoms with Crippen molar-refractivity contribution in [2.75, 3.05) is 18.4 Å². The Balaban J connectivity index is 1.31. The summed E-state index contributed by atoms with van der Waals surface area (Å²) >= 11 is 0. The van der Waals surface area contributed by atoms with Crippen LogP contribution in [0.1, 0.15) is 44.6 Å². The van der Waals surface area contributed by atoms with E-state index >= 15 is 0 Å². The van der Waals surface area contributed by atoms with Crippen LogP contribution in [0.15, 0.2) is 48.5 Å². The second kappa shape index (κ2) is 12.7. The molecule has 2 amide bonds. The molecule has 3 aromatic rings. The first-order chi connectivity index (χ1) is 17.9. The van der Waals surface area contributed by atoms with Crippen LogP contribution in [0, 0.1) is 11.7 Å². The number of aromatic nitrogens is 4. The lowest BCUT2D eigenvalue weighted by atomic mass is 9.91. The molecule has 1 aliphatic heterocycles. The van der Waals surface area contributed by atoms with E-state index in [4.69, 9.17) is 0 Å². The number of carbonyl (C=O) groups excluding carboxylic acids is 1. The predicted octanol–water partition coefficient (Wildman–Crippen LogP) is 3.97. The Labute approximate surface area is 217 Å². The molecule has 1 aliphatic rings. The second-order valence-electron chi connectivity index (χ2n) is 9.84. The van der Waals surface area contributed by atoms with Gasteiger partial charge in [0.2, 0.25) is 0 Å². The van der Waals surface area contributed by atoms with Crippen molar-refractivity contribution in [2.24, 2.45) is 13.0 Å². The van der Waals surface area contributed by atoms with Gasteiger partial charge in [0.25, 0.3) is 0 Å². The van der Waals surface area contributed by atoms with Gasteiger partial charge < -0.3 is 15.7 Å². The van der Waals surface area contributed by atoms with E-state index in [1.165, 1.54) is 12.1 Å². The van der Waals surface area contributed by atoms with Crippen molar-refractivity contribution < 1.29 is 14.3 Å². The summed E-state index contributed by atoms with van der Waals surface area (Å²) in [6, 6.07) is 13.6. The molecule has 0 unspecified atom stereocenters. The summed E-state index contributed by atoms with van der Waals surface area (Å²) in [4.78, 5) is 14.9. The van der Waals surface area contributed by atoms with E-state index in [1.807, 2.05) is 36.4 Å². The molecule has 1 aromatic heterocycles. The van der Waals surface area contributed by atoms with E-state index in [0.717, 1.165) is 56.3 Å². The molecule has 0 saturated carbocycles. The van der Waals surface area contributed by atoms with E-state index in [1.54, 1.807) is 11.7 Å². The van der Waals surface area contributed by atoms with Gasteiger partial charge >= 0.3 is 6.03 Å². The van der Waals surface area contributed by atoms with Gasteiger partial charge in [0, 0.05) is 43.9 Å². The first kappa shape index (κ1) is 26.7. The topological polar surface area (TPSA) is 108 Å². The van der Waals surface area contributed by atoms with Gasteiger partial charge in [0.1, 0.15) is 12.0 Å². The molecular weight excluding hydrogens is 473 g/mol. The molecule has 37 heavy (non-hydrogen) atoms. The van der Waals surface area contributed by atoms with Crippen LogP contribution < -0.4 is 10.6 Å². The fourth-order valence-corrected chi connectivity index (χ4v) is 5.05. The van der Waals surface area contributed by atoms with Crippen molar-refractivity contribution in [2.45, 2.75) is 57.7 Å². The molecule has 3 atom stereocenters. The summed E-state index contributed by atoms with van der Waals surface area (Å²) in [6.45, 7) is 3.68. The number of hydrogen-bond acceptors (Lipinski definition) is 6. The first-order valence-corrected chi connectivity index (χ1v) is 13.0. The predicted molar refractivity (Wildman–Crippen MR) is 140 cm³/mol. The van der Waals surface area contributed by atoms with E-state index in [2.05, 4.69) is 38.0 Å². The Morgan fingerprint density at radius 2 is 2.05 bits per heavy atom. The highest BCUT2D eigenvalue weighted by molar-refractivity contribution is 5.90. The summed E-state index contributed by atoms with van der Waals surface area (Å²) in [5.74, 6) is 0.791. The van der Waals surface area contributed by atoms with Crippen molar-refractivity contribution in [3.05, 3.63) is 59.9 Å². The van der Waals surface area contributed by atoms with Crippen LogP contribution in [0.2, 0.25) is 0 Å². The van der Waals surface area contributed by atoms with Crippen LogP contribution in [-0.2, 0) is 13.5 Å². The Morgan fingerprint density at radius 1 is 1.24 bits per heavy atom. The second-order valence-corrected chi connectivity index (χ2v) is 9.84. The quantitative estimate of drug-likeness (QED) is 0.382. The molecule has 4 rings (SSSR count). The third-order valence-electron chi connectivity index (χ3n) is 6.88. The molecule has 10 heteroatoms. The molecule has 0 spiro atoms. The fourth-order valence-electron chi connectivity index (χ4n) is 5.05. The van der Waals surface area contributed by atoms with Gasteiger partial charge in [0.15, 0.2) is 5.82 Å². The number of aliphatic hydroxyl groups is 1. The number of hydrogen-bond donors (Lipinski definition) is 3. The Bertz CT molecular complexity index is 1150. The van der Waals surface area contributed by atoms with Crippen molar-refractivity contribution in [1.82, 2.24) is 30.4 Å². The average molecular weight is 510 g/mol. The van der Waals surface area contributed by atoms with Crippen LogP contribution >= 0.6 is 0 Å². The number of nitrogens with one attached hydrogen (secondary N) is 2. The number of urea groups is 1. The zero-order chi connectivity index (χ0) is 26.2. The minimum Gasteiger partial charge on any atom is -0.378 e. The zero-order valence-corrected chi connectivity index (χ0v) is 21.5. The lowest BCUT2D eigenvalue weighted by molar-refractivity contribution is -0.0320. The van der Waals surface area contributed by atoms with Crippen molar-refractivity contribution >= 4 is 11.7 Å². The zero-order valence-electron chi connectivity index (χ0n) is 21.5. The summed E-state index contributed by atoms with van der Waals surface area (Å²) in [7, 11) is 1.76. The van der Waals surface area contributed by atoms with E-state index in [9.17, 15) is 14.3 Å². The number of likely N-dealkylation sites (tertiary alicyclic amines) is 1. The Hall–Kier alpha value is -3.37. The monoisotopic (exact) mass is 509 g/mol. The number of anilines is 1. The third kappa shape index (κ3) is 7.56. The highest BCUT2D eigenvalue weighted by Gasteiger charge is 2.27. The van der Waals surface area contributed by atoms with Crippen LogP contribution in [0.5, 0.6) is 0 Å². The normalized spacial score (nSPS) is 17.8. The van der Waals surface area contributed by atoms with Gasteiger partial charge in [-0.25, -0.2) is 13.9 Å². The lowest BCUT2D eigenvalue weighted by Crippen LogP contribution is -2.47. The number of aryl methyl sites for hydroxylation is 1. The average Bonchev–Trinajstić information content (AvgIpc) is 3.31. The maximum Gasteiger partial charge on any atom is 0.319 e. The smallest absolute Gasteiger partial charge is 0.319 e. The van der Waals surface area contributed by atoms with Crippen LogP contribution in [-0.4, -0.2) is 61.6 Å². The first-order valence-electron chi connectivity index (χ1n) is 13.0. The fraction of sp³-hybridized carbons (Fsp3) is 0.481. The van der Waals surface area contributed by atoms with Gasteiger partial charge in [0.05, 0.1) is 0 Å². The molecule has 1 fully saturated rings. The Morgan fingerprint density at radius 3 is 2.78 bits per heavy atom. The molecule has 9 nitrogen and oxygen atoms in total. The number of piperidine rings is 1. The minimum absolute atomic E-state index is 0.163. The molecule has 1 saturated heterocycles. The Kier molecular flexibility index (Phi) is 9.19. The van der Waals surface area contributed by atoms with Crippen molar-refractivity contribution in [3.63, 3.8) is 0 Å². The van der Waals surface area contributed by atoms with Crippen LogP contribution in [0.3, 0.4) is 0 Å². The molecule has 0 radical (unpaired) electrons. The standard InChI is InChI=1S/C27H36FN7O2/c1-3-6-23(29-27(37)30-24-9-4-8-21(16-24)26-31-32-33-34(26)2)17-25(36)35-14-5-7-20(18-35)15-19-10-12-22(28)13-11-19/h4,8-13,16,20,23,25,36H,3,5-7,14-15,17-18H2,1-2H3,(H2,29,30,37)/t20-,23+,25-/m0/s1. The summed E-state index contributed by atoms with van der Waals surface area (Å²) < 4.78 is 14.8. The van der Waals surface area contributed by atoms with E-state index in [0.29, 0.717) is 23.9 Å². The highest BCUT2D eigenvalue weighted by Crippen LogP contribution is 2.24. The van der Waals surface area contributed by atoms with Gasteiger partial charge in [-0.05, 0) is 71.9 Å². The molecular formula is C27H36FN7O2. The van der Waals surface area contributed by atoms with Gasteiger partial charge in [-0.2, -0.15) is 0 Å². The number of halogens is 1. The number of rotatable bonds is 10. The summed E-state index contributed by atoms with van der Waals surface area (Å²) in [5, 5.41) is 28.5. The van der Waals surface area contributed by atoms with E-state index in [-0.39, 0.29) is 17.9 Å². The van der Waals surface area contributed by atoms with E-state index < -0.39 is 6.23 Å². The van der Waals surface area contributed by atoms with Crippen LogP contribution in [0.4, 0.5) is 14.9 Å². The molecule has 2 heterocycles. The van der Waals surface area contributed by atoms with Crippen molar-refractivity contribution in [1.29, 1.82) is 0 Å². The lowest BCUT2D eigenvalue weighted by Gasteiger charge is -2.37. The number of benzene rings is 2. The molecule has 2 aromatic carbocycles. The highest BCUT2D eigenvalue weighted by atomic mass is 19.1. The molecule has 0 bridgehead atoms. The van der Waals surface area contributed by atoms with Gasteiger partial charge in [-0.1, -0.05) is 37.6 Å². The summed E-state index contributed by atoms with van der Waals surface area (Å²) in [5.41, 5.74) is 2.55. The number of carbonyl (C=O) groups is 1. The summed E-state index contributed by atoms with van der Waals surface area (Å²) in [6.07, 6.45) is 4.43. The molecule has 198 valence electrons. The maximum atomic E-state index is 13.2. The molecule has 0 aliphatic carbocycles. The number of tetrazole rings is 1. The van der Waals surface area contributed by atoms with Crippen LogP contribution in [0.25, 0.3) is 11.4 Å². The number of aliphatic hydroxyl groups excluding tert-OH is 1. The SMILES string of the molecule is CCC[C@H](C[C@H](O)N1CCC[C@@H](Cc2ccc(F)cc2)C1)NC(=O)Nc1cccc(-c2nnnn2C)c1. The molecule has 3 N–H and O–H groups in total. The maximum absolute atomic E-state index is 13.2. The van der Waals surface area contributed by atoms with Crippen molar-refractivity contribution in [3.8, 4) is 11.4 Å². The largest absolute Gasteiger partial charge is 0.378 e. The minimum atomic E-state index is -0.639.